The Labute approximate surface area is 130 Å². The number of fused-ring (bicyclic) bond motifs is 1. The second-order valence-corrected chi connectivity index (χ2v) is 5.04. The molecular weight excluding hydrogens is 278 g/mol. The average Bonchev–Trinajstić information content (AvgIpc) is 2.53. The summed E-state index contributed by atoms with van der Waals surface area (Å²) in [4.78, 5) is 17.9. The largest absolute Gasteiger partial charge is 0.469 e. The van der Waals surface area contributed by atoms with Gasteiger partial charge >= 0.3 is 5.97 Å². The predicted octanol–water partition coefficient (Wildman–Crippen LogP) is 2.21. The number of aromatic nitrogens is 1. The Morgan fingerprint density at radius 3 is 2.77 bits per heavy atom. The molecule has 5 heteroatoms. The highest BCUT2D eigenvalue weighted by Gasteiger charge is 2.20. The molecule has 1 aromatic heterocycles. The Morgan fingerprint density at radius 1 is 1.45 bits per heavy atom. The standard InChI is InChI=1S/C17H19N3O2/c1-4-9-20(12(2)10-16(21)22-3)17-14-8-6-5-7-13(14)15(18)11-19-17/h1,5-8,11-12H,9-10,18H2,2-3H3/t12-/m0/s1. The number of hydrogen-bond acceptors (Lipinski definition) is 5. The summed E-state index contributed by atoms with van der Waals surface area (Å²) in [5.74, 6) is 3.06. The summed E-state index contributed by atoms with van der Waals surface area (Å²) in [6.45, 7) is 2.26. The first kappa shape index (κ1) is 15.6. The van der Waals surface area contributed by atoms with E-state index >= 15 is 0 Å². The maximum absolute atomic E-state index is 11.5. The van der Waals surface area contributed by atoms with Gasteiger partial charge in [0, 0.05) is 16.8 Å². The fraction of sp³-hybridized carbons (Fsp3) is 0.294. The number of methoxy groups -OCH3 is 1. The van der Waals surface area contributed by atoms with Crippen LogP contribution in [0.15, 0.2) is 30.5 Å². The van der Waals surface area contributed by atoms with Gasteiger partial charge in [0.25, 0.3) is 0 Å². The van der Waals surface area contributed by atoms with Crippen molar-refractivity contribution in [3.63, 3.8) is 0 Å². The van der Waals surface area contributed by atoms with Gasteiger partial charge in [-0.2, -0.15) is 0 Å². The lowest BCUT2D eigenvalue weighted by Crippen LogP contribution is -2.36. The summed E-state index contributed by atoms with van der Waals surface area (Å²) in [7, 11) is 1.37. The molecule has 0 bridgehead atoms. The van der Waals surface area contributed by atoms with Crippen molar-refractivity contribution in [2.75, 3.05) is 24.3 Å². The van der Waals surface area contributed by atoms with Crippen molar-refractivity contribution in [2.45, 2.75) is 19.4 Å². The van der Waals surface area contributed by atoms with Gasteiger partial charge in [0.1, 0.15) is 5.82 Å². The summed E-state index contributed by atoms with van der Waals surface area (Å²) in [6, 6.07) is 7.60. The van der Waals surface area contributed by atoms with Crippen molar-refractivity contribution in [1.29, 1.82) is 0 Å². The van der Waals surface area contributed by atoms with Crippen LogP contribution in [0.4, 0.5) is 11.5 Å². The van der Waals surface area contributed by atoms with E-state index < -0.39 is 0 Å². The van der Waals surface area contributed by atoms with Gasteiger partial charge in [-0.3, -0.25) is 4.79 Å². The van der Waals surface area contributed by atoms with Crippen LogP contribution in [0.1, 0.15) is 13.3 Å². The number of nitrogens with zero attached hydrogens (tertiary/aromatic N) is 2. The number of rotatable bonds is 5. The zero-order valence-corrected chi connectivity index (χ0v) is 12.7. The van der Waals surface area contributed by atoms with Crippen LogP contribution in [0.25, 0.3) is 10.8 Å². The number of nitrogen functional groups attached to an aromatic ring is 1. The molecule has 2 rings (SSSR count). The smallest absolute Gasteiger partial charge is 0.307 e. The molecule has 114 valence electrons. The number of terminal acetylenes is 1. The molecule has 0 saturated carbocycles. The van der Waals surface area contributed by atoms with Crippen LogP contribution in [-0.2, 0) is 9.53 Å². The van der Waals surface area contributed by atoms with Crippen molar-refractivity contribution in [2.24, 2.45) is 0 Å². The number of hydrogen-bond donors (Lipinski definition) is 1. The van der Waals surface area contributed by atoms with Gasteiger partial charge in [0.05, 0.1) is 32.0 Å². The fourth-order valence-electron chi connectivity index (χ4n) is 2.40. The number of carbonyl (C=O) groups excluding carboxylic acids is 1. The molecule has 0 radical (unpaired) electrons. The predicted molar refractivity (Wildman–Crippen MR) is 88.4 cm³/mol. The fourth-order valence-corrected chi connectivity index (χ4v) is 2.40. The highest BCUT2D eigenvalue weighted by atomic mass is 16.5. The second kappa shape index (κ2) is 6.81. The number of ether oxygens (including phenoxy) is 1. The Kier molecular flexibility index (Phi) is 4.84. The SMILES string of the molecule is C#CCN(c1ncc(N)c2ccccc12)[C@@H](C)CC(=O)OC. The molecule has 5 nitrogen and oxygen atoms in total. The van der Waals surface area contributed by atoms with Crippen molar-refractivity contribution in [3.05, 3.63) is 30.5 Å². The van der Waals surface area contributed by atoms with Gasteiger partial charge in [-0.15, -0.1) is 6.42 Å². The van der Waals surface area contributed by atoms with E-state index in [1.165, 1.54) is 7.11 Å². The second-order valence-electron chi connectivity index (χ2n) is 5.04. The molecule has 0 spiro atoms. The van der Waals surface area contributed by atoms with E-state index in [0.717, 1.165) is 16.6 Å². The van der Waals surface area contributed by atoms with Crippen LogP contribution in [0.5, 0.6) is 0 Å². The Morgan fingerprint density at radius 2 is 2.14 bits per heavy atom. The van der Waals surface area contributed by atoms with Crippen LogP contribution >= 0.6 is 0 Å². The number of pyridine rings is 1. The summed E-state index contributed by atoms with van der Waals surface area (Å²) < 4.78 is 4.73. The normalized spacial score (nSPS) is 11.7. The highest BCUT2D eigenvalue weighted by Crippen LogP contribution is 2.29. The van der Waals surface area contributed by atoms with E-state index in [4.69, 9.17) is 16.9 Å². The molecule has 1 aromatic carbocycles. The van der Waals surface area contributed by atoms with Crippen molar-refractivity contribution < 1.29 is 9.53 Å². The van der Waals surface area contributed by atoms with Crippen LogP contribution < -0.4 is 10.6 Å². The maximum atomic E-state index is 11.5. The molecule has 0 amide bonds. The van der Waals surface area contributed by atoms with Crippen molar-refractivity contribution >= 4 is 28.2 Å². The van der Waals surface area contributed by atoms with Crippen LogP contribution in [-0.4, -0.2) is 30.6 Å². The lowest BCUT2D eigenvalue weighted by molar-refractivity contribution is -0.140. The topological polar surface area (TPSA) is 68.5 Å². The molecule has 0 saturated heterocycles. The third kappa shape index (κ3) is 3.12. The molecular formula is C17H19N3O2. The third-order valence-electron chi connectivity index (χ3n) is 3.56. The van der Waals surface area contributed by atoms with E-state index in [-0.39, 0.29) is 18.4 Å². The van der Waals surface area contributed by atoms with E-state index in [1.807, 2.05) is 36.1 Å². The number of esters is 1. The van der Waals surface area contributed by atoms with Gasteiger partial charge in [0.2, 0.25) is 0 Å². The molecule has 0 fully saturated rings. The average molecular weight is 297 g/mol. The summed E-state index contributed by atoms with van der Waals surface area (Å²) in [6.07, 6.45) is 7.33. The van der Waals surface area contributed by atoms with Crippen LogP contribution in [0.3, 0.4) is 0 Å². The molecule has 1 heterocycles. The molecule has 0 aliphatic rings. The van der Waals surface area contributed by atoms with E-state index in [9.17, 15) is 4.79 Å². The Hall–Kier alpha value is -2.74. The summed E-state index contributed by atoms with van der Waals surface area (Å²) in [5, 5.41) is 1.83. The number of carbonyl (C=O) groups is 1. The first-order valence-corrected chi connectivity index (χ1v) is 6.98. The molecule has 2 N–H and O–H groups in total. The Bertz CT molecular complexity index is 721. The van der Waals surface area contributed by atoms with E-state index in [0.29, 0.717) is 12.2 Å². The molecule has 1 atom stereocenters. The minimum Gasteiger partial charge on any atom is -0.469 e. The molecule has 22 heavy (non-hydrogen) atoms. The quantitative estimate of drug-likeness (QED) is 0.677. The first-order valence-electron chi connectivity index (χ1n) is 6.98. The monoisotopic (exact) mass is 297 g/mol. The molecule has 2 aromatic rings. The van der Waals surface area contributed by atoms with Crippen molar-refractivity contribution in [3.8, 4) is 12.3 Å². The zero-order valence-electron chi connectivity index (χ0n) is 12.7. The van der Waals surface area contributed by atoms with Gasteiger partial charge < -0.3 is 15.4 Å². The summed E-state index contributed by atoms with van der Waals surface area (Å²) in [5.41, 5.74) is 6.59. The first-order chi connectivity index (χ1) is 10.6. The highest BCUT2D eigenvalue weighted by molar-refractivity contribution is 5.99. The van der Waals surface area contributed by atoms with E-state index in [1.54, 1.807) is 6.20 Å². The molecule has 0 aliphatic heterocycles. The lowest BCUT2D eigenvalue weighted by Gasteiger charge is -2.29. The number of anilines is 2. The summed E-state index contributed by atoms with van der Waals surface area (Å²) >= 11 is 0. The maximum Gasteiger partial charge on any atom is 0.307 e. The van der Waals surface area contributed by atoms with Gasteiger partial charge in [-0.05, 0) is 6.92 Å². The van der Waals surface area contributed by atoms with Gasteiger partial charge in [0.15, 0.2) is 0 Å². The van der Waals surface area contributed by atoms with Crippen molar-refractivity contribution in [1.82, 2.24) is 4.98 Å². The molecule has 0 aliphatic carbocycles. The van der Waals surface area contributed by atoms with Gasteiger partial charge in [-0.25, -0.2) is 4.98 Å². The van der Waals surface area contributed by atoms with E-state index in [2.05, 4.69) is 10.9 Å². The van der Waals surface area contributed by atoms with Gasteiger partial charge in [-0.1, -0.05) is 30.2 Å². The Balaban J connectivity index is 2.47. The van der Waals surface area contributed by atoms with Crippen LogP contribution in [0.2, 0.25) is 0 Å². The number of benzene rings is 1. The minimum atomic E-state index is -0.283. The third-order valence-corrected chi connectivity index (χ3v) is 3.56. The molecule has 0 unspecified atom stereocenters. The lowest BCUT2D eigenvalue weighted by atomic mass is 10.1. The number of nitrogens with two attached hydrogens (primary N) is 1. The zero-order chi connectivity index (χ0) is 16.1. The van der Waals surface area contributed by atoms with Crippen LogP contribution in [0, 0.1) is 12.3 Å². The minimum absolute atomic E-state index is 0.136.